The van der Waals surface area contributed by atoms with E-state index in [1.807, 2.05) is 30.3 Å². The number of hydrogen-bond donors (Lipinski definition) is 2. The molecule has 1 fully saturated rings. The molecule has 1 amide bonds. The van der Waals surface area contributed by atoms with E-state index in [2.05, 4.69) is 13.2 Å². The van der Waals surface area contributed by atoms with Gasteiger partial charge in [0, 0.05) is 13.5 Å². The first-order valence-corrected chi connectivity index (χ1v) is 7.99. The van der Waals surface area contributed by atoms with Crippen LogP contribution in [0.4, 0.5) is 0 Å². The van der Waals surface area contributed by atoms with Gasteiger partial charge in [0.05, 0.1) is 31.4 Å². The van der Waals surface area contributed by atoms with E-state index in [0.717, 1.165) is 5.56 Å². The number of nitrogens with two attached hydrogens (primary N) is 1. The minimum absolute atomic E-state index is 0.235. The Hall–Kier alpha value is -1.73. The Morgan fingerprint density at radius 1 is 1.33 bits per heavy atom. The van der Waals surface area contributed by atoms with Crippen molar-refractivity contribution in [3.63, 3.8) is 0 Å². The van der Waals surface area contributed by atoms with Crippen molar-refractivity contribution in [2.24, 2.45) is 5.73 Å². The largest absolute Gasteiger partial charge is 0.386 e. The average Bonchev–Trinajstić information content (AvgIpc) is 3.14. The van der Waals surface area contributed by atoms with Gasteiger partial charge in [-0.1, -0.05) is 30.3 Å². The Morgan fingerprint density at radius 3 is 2.42 bits per heavy atom. The van der Waals surface area contributed by atoms with Gasteiger partial charge in [0.2, 0.25) is 5.91 Å². The molecule has 1 saturated heterocycles. The fourth-order valence-electron chi connectivity index (χ4n) is 2.45. The lowest BCUT2D eigenvalue weighted by Crippen LogP contribution is -2.48. The molecule has 3 atom stereocenters. The first-order valence-electron chi connectivity index (χ1n) is 7.99. The number of rotatable bonds is 6. The van der Waals surface area contributed by atoms with Crippen LogP contribution in [0.5, 0.6) is 0 Å². The molecule has 6 nitrogen and oxygen atoms in total. The second-order valence-corrected chi connectivity index (χ2v) is 5.56. The Morgan fingerprint density at radius 2 is 1.88 bits per heavy atom. The highest BCUT2D eigenvalue weighted by Gasteiger charge is 2.30. The van der Waals surface area contributed by atoms with E-state index >= 15 is 0 Å². The number of likely N-dealkylation sites (N-methyl/N-ethyl adjacent to an activating group) is 1. The van der Waals surface area contributed by atoms with Gasteiger partial charge in [-0.25, -0.2) is 0 Å². The van der Waals surface area contributed by atoms with Crippen LogP contribution in [0.25, 0.3) is 0 Å². The topological polar surface area (TPSA) is 85.0 Å². The number of aliphatic hydroxyl groups excluding tert-OH is 1. The molecule has 3 N–H and O–H groups in total. The first kappa shape index (κ1) is 20.3. The summed E-state index contributed by atoms with van der Waals surface area (Å²) in [6, 6.07) is 8.16. The number of ether oxygens (including phenoxy) is 2. The Labute approximate surface area is 143 Å². The number of amides is 1. The van der Waals surface area contributed by atoms with Crippen LogP contribution in [0.1, 0.15) is 25.0 Å². The highest BCUT2D eigenvalue weighted by molar-refractivity contribution is 5.81. The van der Waals surface area contributed by atoms with Gasteiger partial charge in [0.25, 0.3) is 0 Å². The van der Waals surface area contributed by atoms with Gasteiger partial charge in [-0.3, -0.25) is 4.79 Å². The average molecular weight is 336 g/mol. The molecular weight excluding hydrogens is 308 g/mol. The lowest BCUT2D eigenvalue weighted by molar-refractivity contribution is -0.138. The minimum Gasteiger partial charge on any atom is -0.386 e. The summed E-state index contributed by atoms with van der Waals surface area (Å²) in [5, 5.41) is 10.4. The molecule has 0 aromatic heterocycles. The summed E-state index contributed by atoms with van der Waals surface area (Å²) in [7, 11) is 1.65. The van der Waals surface area contributed by atoms with Crippen LogP contribution >= 0.6 is 0 Å². The van der Waals surface area contributed by atoms with Gasteiger partial charge in [-0.05, 0) is 12.5 Å². The number of carbonyl (C=O) groups is 1. The number of carbonyl (C=O) groups excluding carboxylic acids is 1. The van der Waals surface area contributed by atoms with E-state index in [-0.39, 0.29) is 11.9 Å². The maximum Gasteiger partial charge on any atom is 0.239 e. The molecule has 2 unspecified atom stereocenters. The standard InChI is InChI=1S/C16H24N2O4.C2H4/c1-11(15(19)12-6-4-3-5-7-12)18(2)16(20)13(17)10-14-21-8-9-22-14;1-2/h3-7,11,13-15,19H,8-10,17H2,1-2H3;1-2H2/t11?,13-,15?;/m0./s1. The van der Waals surface area contributed by atoms with Crippen molar-refractivity contribution in [2.75, 3.05) is 20.3 Å². The molecule has 0 bridgehead atoms. The monoisotopic (exact) mass is 336 g/mol. The summed E-state index contributed by atoms with van der Waals surface area (Å²) in [5.41, 5.74) is 6.71. The zero-order valence-electron chi connectivity index (χ0n) is 14.4. The minimum atomic E-state index is -0.763. The van der Waals surface area contributed by atoms with Crippen LogP contribution in [0.15, 0.2) is 43.5 Å². The molecule has 1 aromatic rings. The summed E-state index contributed by atoms with van der Waals surface area (Å²) in [6.07, 6.45) is -0.861. The summed E-state index contributed by atoms with van der Waals surface area (Å²) in [6.45, 7) is 8.86. The van der Waals surface area contributed by atoms with Gasteiger partial charge in [-0.15, -0.1) is 13.2 Å². The van der Waals surface area contributed by atoms with Crippen LogP contribution < -0.4 is 5.73 Å². The maximum atomic E-state index is 12.4. The molecule has 134 valence electrons. The Kier molecular flexibility index (Phi) is 8.63. The lowest BCUT2D eigenvalue weighted by atomic mass is 10.0. The predicted octanol–water partition coefficient (Wildman–Crippen LogP) is 1.46. The highest BCUT2D eigenvalue weighted by Crippen LogP contribution is 2.21. The highest BCUT2D eigenvalue weighted by atomic mass is 16.7. The SMILES string of the molecule is C=C.CC(C(O)c1ccccc1)N(C)C(=O)[C@@H](N)CC1OCCO1. The smallest absolute Gasteiger partial charge is 0.239 e. The second-order valence-electron chi connectivity index (χ2n) is 5.56. The number of hydrogen-bond acceptors (Lipinski definition) is 5. The van der Waals surface area contributed by atoms with E-state index in [0.29, 0.717) is 19.6 Å². The van der Waals surface area contributed by atoms with Gasteiger partial charge >= 0.3 is 0 Å². The summed E-state index contributed by atoms with van der Waals surface area (Å²) >= 11 is 0. The predicted molar refractivity (Wildman–Crippen MR) is 93.2 cm³/mol. The van der Waals surface area contributed by atoms with Crippen LogP contribution in [0, 0.1) is 0 Å². The maximum absolute atomic E-state index is 12.4. The second kappa shape index (κ2) is 10.2. The third-order valence-corrected chi connectivity index (χ3v) is 4.01. The van der Waals surface area contributed by atoms with E-state index in [1.165, 1.54) is 4.90 Å². The number of benzene rings is 1. The Balaban J connectivity index is 0.00000139. The quantitative estimate of drug-likeness (QED) is 0.768. The van der Waals surface area contributed by atoms with Gasteiger partial charge < -0.3 is 25.2 Å². The molecule has 24 heavy (non-hydrogen) atoms. The van der Waals surface area contributed by atoms with Crippen LogP contribution in [0.2, 0.25) is 0 Å². The zero-order chi connectivity index (χ0) is 18.1. The van der Waals surface area contributed by atoms with E-state index < -0.39 is 18.4 Å². The molecule has 1 heterocycles. The van der Waals surface area contributed by atoms with Crippen LogP contribution in [0.3, 0.4) is 0 Å². The van der Waals surface area contributed by atoms with Crippen LogP contribution in [-0.4, -0.2) is 54.5 Å². The van der Waals surface area contributed by atoms with Crippen molar-refractivity contribution in [2.45, 2.75) is 37.8 Å². The zero-order valence-corrected chi connectivity index (χ0v) is 14.4. The molecule has 0 spiro atoms. The molecule has 1 aliphatic rings. The first-order chi connectivity index (χ1) is 11.5. The van der Waals surface area contributed by atoms with Gasteiger partial charge in [0.1, 0.15) is 0 Å². The molecule has 0 saturated carbocycles. The fourth-order valence-corrected chi connectivity index (χ4v) is 2.45. The molecular formula is C18H28N2O4. The summed E-state index contributed by atoms with van der Waals surface area (Å²) in [5.74, 6) is -0.235. The third-order valence-electron chi connectivity index (χ3n) is 4.01. The van der Waals surface area contributed by atoms with Crippen molar-refractivity contribution in [3.8, 4) is 0 Å². The third kappa shape index (κ3) is 5.42. The normalized spacial score (nSPS) is 18.2. The van der Waals surface area contributed by atoms with Gasteiger partial charge in [0.15, 0.2) is 6.29 Å². The lowest BCUT2D eigenvalue weighted by Gasteiger charge is -2.31. The van der Waals surface area contributed by atoms with Crippen molar-refractivity contribution in [3.05, 3.63) is 49.1 Å². The van der Waals surface area contributed by atoms with E-state index in [1.54, 1.807) is 14.0 Å². The van der Waals surface area contributed by atoms with E-state index in [4.69, 9.17) is 15.2 Å². The van der Waals surface area contributed by atoms with Crippen molar-refractivity contribution >= 4 is 5.91 Å². The van der Waals surface area contributed by atoms with Gasteiger partial charge in [-0.2, -0.15) is 0 Å². The van der Waals surface area contributed by atoms with Crippen molar-refractivity contribution in [1.29, 1.82) is 0 Å². The molecule has 2 rings (SSSR count). The fraction of sp³-hybridized carbons (Fsp3) is 0.500. The van der Waals surface area contributed by atoms with Crippen molar-refractivity contribution < 1.29 is 19.4 Å². The van der Waals surface area contributed by atoms with Crippen molar-refractivity contribution in [1.82, 2.24) is 4.90 Å². The number of aliphatic hydroxyl groups is 1. The summed E-state index contributed by atoms with van der Waals surface area (Å²) < 4.78 is 10.6. The van der Waals surface area contributed by atoms with Crippen LogP contribution in [-0.2, 0) is 14.3 Å². The molecule has 1 aliphatic heterocycles. The Bertz CT molecular complexity index is 491. The number of nitrogens with zero attached hydrogens (tertiary/aromatic N) is 1. The summed E-state index contributed by atoms with van der Waals surface area (Å²) in [4.78, 5) is 13.9. The molecule has 6 heteroatoms. The molecule has 0 radical (unpaired) electrons. The van der Waals surface area contributed by atoms with E-state index in [9.17, 15) is 9.90 Å². The molecule has 0 aliphatic carbocycles. The molecule has 1 aromatic carbocycles.